The van der Waals surface area contributed by atoms with Crippen molar-refractivity contribution in [1.82, 2.24) is 10.6 Å². The lowest BCUT2D eigenvalue weighted by atomic mass is 10.1. The lowest BCUT2D eigenvalue weighted by Crippen LogP contribution is -3.19. The average molecular weight is 304 g/mol. The van der Waals surface area contributed by atoms with Crippen LogP contribution in [-0.2, 0) is 16.0 Å². The maximum atomic E-state index is 12.3. The average Bonchev–Trinajstić information content (AvgIpc) is 2.53. The summed E-state index contributed by atoms with van der Waals surface area (Å²) in [5, 5.41) is 5.86. The molecule has 0 radical (unpaired) electrons. The molecule has 0 aromatic heterocycles. The highest BCUT2D eigenvalue weighted by Crippen LogP contribution is 2.04. The second-order valence-corrected chi connectivity index (χ2v) is 6.09. The number of benzene rings is 1. The van der Waals surface area contributed by atoms with Gasteiger partial charge in [0.05, 0.1) is 13.1 Å². The van der Waals surface area contributed by atoms with Gasteiger partial charge in [-0.05, 0) is 32.3 Å². The number of aryl methyl sites for hydroxylation is 1. The summed E-state index contributed by atoms with van der Waals surface area (Å²) < 4.78 is 0. The van der Waals surface area contributed by atoms with Crippen molar-refractivity contribution < 1.29 is 14.5 Å². The first kappa shape index (κ1) is 16.5. The van der Waals surface area contributed by atoms with Gasteiger partial charge in [-0.15, -0.1) is 0 Å². The molecule has 1 heterocycles. The highest BCUT2D eigenvalue weighted by atomic mass is 16.2. The molecule has 1 saturated heterocycles. The summed E-state index contributed by atoms with van der Waals surface area (Å²) >= 11 is 0. The van der Waals surface area contributed by atoms with Gasteiger partial charge in [-0.2, -0.15) is 0 Å². The first-order valence-corrected chi connectivity index (χ1v) is 8.02. The van der Waals surface area contributed by atoms with E-state index in [-0.39, 0.29) is 23.9 Å². The van der Waals surface area contributed by atoms with Crippen LogP contribution in [0.15, 0.2) is 30.3 Å². The zero-order valence-electron chi connectivity index (χ0n) is 13.4. The van der Waals surface area contributed by atoms with Crippen LogP contribution in [0.4, 0.5) is 0 Å². The second-order valence-electron chi connectivity index (χ2n) is 6.09. The molecular weight excluding hydrogens is 278 g/mol. The van der Waals surface area contributed by atoms with Crippen LogP contribution in [0.2, 0.25) is 0 Å². The normalized spacial score (nSPS) is 20.8. The van der Waals surface area contributed by atoms with Crippen LogP contribution in [0, 0.1) is 0 Å². The number of hydrogen-bond donors (Lipinski definition) is 3. The number of piperazine rings is 1. The van der Waals surface area contributed by atoms with E-state index in [9.17, 15) is 9.59 Å². The third-order valence-corrected chi connectivity index (χ3v) is 4.26. The van der Waals surface area contributed by atoms with Crippen LogP contribution in [0.5, 0.6) is 0 Å². The molecule has 1 fully saturated rings. The number of carbonyl (C=O) groups is 2. The summed E-state index contributed by atoms with van der Waals surface area (Å²) in [4.78, 5) is 24.8. The highest BCUT2D eigenvalue weighted by molar-refractivity contribution is 5.81. The summed E-state index contributed by atoms with van der Waals surface area (Å²) in [6, 6.07) is 10.2. The Labute approximate surface area is 132 Å². The molecule has 0 bridgehead atoms. The first-order chi connectivity index (χ1) is 10.6. The lowest BCUT2D eigenvalue weighted by molar-refractivity contribution is -0.907. The van der Waals surface area contributed by atoms with Crippen molar-refractivity contribution in [1.29, 1.82) is 0 Å². The molecule has 2 rings (SSSR count). The van der Waals surface area contributed by atoms with Gasteiger partial charge in [-0.3, -0.25) is 9.59 Å². The van der Waals surface area contributed by atoms with Gasteiger partial charge in [0.1, 0.15) is 0 Å². The van der Waals surface area contributed by atoms with Crippen LogP contribution >= 0.6 is 0 Å². The van der Waals surface area contributed by atoms with E-state index in [1.54, 1.807) is 0 Å². The Morgan fingerprint density at radius 2 is 2.05 bits per heavy atom. The van der Waals surface area contributed by atoms with Crippen LogP contribution in [0.3, 0.4) is 0 Å². The number of carbonyl (C=O) groups excluding carboxylic acids is 2. The summed E-state index contributed by atoms with van der Waals surface area (Å²) in [7, 11) is 0. The Bertz CT molecular complexity index is 504. The Morgan fingerprint density at radius 3 is 2.73 bits per heavy atom. The minimum atomic E-state index is -0.190. The Kier molecular flexibility index (Phi) is 5.95. The molecule has 2 amide bonds. The minimum Gasteiger partial charge on any atom is -0.348 e. The number of hydrogen-bond acceptors (Lipinski definition) is 2. The van der Waals surface area contributed by atoms with E-state index in [1.165, 1.54) is 5.56 Å². The van der Waals surface area contributed by atoms with Gasteiger partial charge in [-0.25, -0.2) is 0 Å². The second kappa shape index (κ2) is 7.94. The number of amides is 2. The molecule has 0 saturated carbocycles. The summed E-state index contributed by atoms with van der Waals surface area (Å²) in [5.74, 6) is 0.0586. The van der Waals surface area contributed by atoms with Gasteiger partial charge < -0.3 is 15.5 Å². The van der Waals surface area contributed by atoms with Crippen molar-refractivity contribution in [2.75, 3.05) is 19.6 Å². The maximum absolute atomic E-state index is 12.3. The molecule has 22 heavy (non-hydrogen) atoms. The fourth-order valence-electron chi connectivity index (χ4n) is 2.74. The summed E-state index contributed by atoms with van der Waals surface area (Å²) in [5.41, 5.74) is 1.29. The topological polar surface area (TPSA) is 62.6 Å². The lowest BCUT2D eigenvalue weighted by Gasteiger charge is -2.29. The minimum absolute atomic E-state index is 0.0260. The van der Waals surface area contributed by atoms with E-state index in [0.29, 0.717) is 13.1 Å². The van der Waals surface area contributed by atoms with Crippen molar-refractivity contribution in [3.63, 3.8) is 0 Å². The van der Waals surface area contributed by atoms with E-state index in [4.69, 9.17) is 0 Å². The fourth-order valence-corrected chi connectivity index (χ4v) is 2.74. The fraction of sp³-hybridized carbons (Fsp3) is 0.529. The molecule has 1 aliphatic heterocycles. The Morgan fingerprint density at radius 1 is 1.32 bits per heavy atom. The maximum Gasteiger partial charge on any atom is 0.278 e. The molecule has 0 spiro atoms. The van der Waals surface area contributed by atoms with Crippen LogP contribution in [-0.4, -0.2) is 43.5 Å². The predicted molar refractivity (Wildman–Crippen MR) is 85.5 cm³/mol. The van der Waals surface area contributed by atoms with Crippen LogP contribution < -0.4 is 15.5 Å². The molecule has 5 heteroatoms. The molecule has 0 aliphatic carbocycles. The smallest absolute Gasteiger partial charge is 0.278 e. The van der Waals surface area contributed by atoms with E-state index in [1.807, 2.05) is 32.0 Å². The first-order valence-electron chi connectivity index (χ1n) is 8.02. The molecular formula is C17H26N3O2+. The van der Waals surface area contributed by atoms with Gasteiger partial charge in [0.25, 0.3) is 11.8 Å². The van der Waals surface area contributed by atoms with E-state index >= 15 is 0 Å². The third-order valence-electron chi connectivity index (χ3n) is 4.26. The van der Waals surface area contributed by atoms with E-state index in [0.717, 1.165) is 24.3 Å². The molecule has 1 aromatic carbocycles. The van der Waals surface area contributed by atoms with Gasteiger partial charge in [0.15, 0.2) is 12.6 Å². The van der Waals surface area contributed by atoms with Gasteiger partial charge >= 0.3 is 0 Å². The molecule has 120 valence electrons. The highest BCUT2D eigenvalue weighted by Gasteiger charge is 2.30. The van der Waals surface area contributed by atoms with E-state index < -0.39 is 0 Å². The van der Waals surface area contributed by atoms with E-state index in [2.05, 4.69) is 22.8 Å². The standard InChI is InChI=1S/C17H25N3O2/c1-13(8-9-15-6-4-3-5-7-15)19-17(22)14(2)20-11-10-18-16(21)12-20/h3-7,13-14H,8-12H2,1-2H3,(H,18,21)(H,19,22)/p+1/t13-,14-/m1/s1. The Hall–Kier alpha value is -1.88. The van der Waals surface area contributed by atoms with Crippen LogP contribution in [0.25, 0.3) is 0 Å². The van der Waals surface area contributed by atoms with Crippen molar-refractivity contribution in [2.45, 2.75) is 38.8 Å². The summed E-state index contributed by atoms with van der Waals surface area (Å²) in [6.07, 6.45) is 1.87. The third kappa shape index (κ3) is 4.84. The van der Waals surface area contributed by atoms with Crippen molar-refractivity contribution in [2.24, 2.45) is 0 Å². The van der Waals surface area contributed by atoms with Crippen molar-refractivity contribution >= 4 is 11.8 Å². The molecule has 1 aromatic rings. The molecule has 1 aliphatic rings. The van der Waals surface area contributed by atoms with Crippen molar-refractivity contribution in [3.05, 3.63) is 35.9 Å². The monoisotopic (exact) mass is 304 g/mol. The quantitative estimate of drug-likeness (QED) is 0.665. The predicted octanol–water partition coefficient (Wildman–Crippen LogP) is -0.473. The molecule has 1 unspecified atom stereocenters. The number of rotatable bonds is 6. The zero-order valence-corrected chi connectivity index (χ0v) is 13.4. The van der Waals surface area contributed by atoms with Crippen molar-refractivity contribution in [3.8, 4) is 0 Å². The zero-order chi connectivity index (χ0) is 15.9. The SMILES string of the molecule is C[C@H](CCc1ccccc1)NC(=O)[C@@H](C)[NH+]1CCNC(=O)C1. The number of nitrogens with one attached hydrogen (secondary N) is 3. The van der Waals surface area contributed by atoms with Gasteiger partial charge in [-0.1, -0.05) is 30.3 Å². The molecule has 3 N–H and O–H groups in total. The van der Waals surface area contributed by atoms with Gasteiger partial charge in [0, 0.05) is 6.04 Å². The van der Waals surface area contributed by atoms with Crippen LogP contribution in [0.1, 0.15) is 25.8 Å². The number of quaternary nitrogens is 1. The molecule has 3 atom stereocenters. The summed E-state index contributed by atoms with van der Waals surface area (Å²) in [6.45, 7) is 5.76. The van der Waals surface area contributed by atoms with Gasteiger partial charge in [0.2, 0.25) is 0 Å². The Balaban J connectivity index is 1.76. The largest absolute Gasteiger partial charge is 0.348 e. The molecule has 5 nitrogen and oxygen atoms in total.